The van der Waals surface area contributed by atoms with E-state index in [0.29, 0.717) is 0 Å². The summed E-state index contributed by atoms with van der Waals surface area (Å²) in [6.45, 7) is 5.39. The van der Waals surface area contributed by atoms with Gasteiger partial charge < -0.3 is 10.6 Å². The number of carbonyl (C=O) groups excluding carboxylic acids is 1. The molecule has 0 fully saturated rings. The Balaban J connectivity index is 0.00000242. The van der Waals surface area contributed by atoms with Crippen LogP contribution in [0.3, 0.4) is 0 Å². The average molecular weight is 404 g/mol. The molecular weight excluding hydrogens is 384 g/mol. The van der Waals surface area contributed by atoms with Crippen molar-refractivity contribution in [1.82, 2.24) is 5.32 Å². The third-order valence-electron chi connectivity index (χ3n) is 3.00. The standard InChI is InChI=1S/C16H19BrN2OS.ClH/c1-11(2)16(20)19-14-5-3-4-12(6-14)8-18-9-13-7-15(17)21-10-13;/h3-7,10-11,18H,8-9H2,1-2H3,(H,19,20);1H. The fourth-order valence-corrected chi connectivity index (χ4v) is 3.04. The topological polar surface area (TPSA) is 41.1 Å². The molecule has 0 aliphatic heterocycles. The van der Waals surface area contributed by atoms with Gasteiger partial charge in [0.05, 0.1) is 3.79 Å². The zero-order valence-corrected chi connectivity index (χ0v) is 15.8. The molecule has 0 unspecified atom stereocenters. The van der Waals surface area contributed by atoms with Crippen LogP contribution in [0.1, 0.15) is 25.0 Å². The van der Waals surface area contributed by atoms with Crippen LogP contribution in [0, 0.1) is 5.92 Å². The summed E-state index contributed by atoms with van der Waals surface area (Å²) in [6, 6.07) is 10.1. The normalized spacial score (nSPS) is 10.4. The largest absolute Gasteiger partial charge is 0.326 e. The van der Waals surface area contributed by atoms with E-state index in [2.05, 4.69) is 44.1 Å². The summed E-state index contributed by atoms with van der Waals surface area (Å²) in [5.41, 5.74) is 3.29. The molecule has 0 aliphatic rings. The van der Waals surface area contributed by atoms with Crippen LogP contribution in [-0.4, -0.2) is 5.91 Å². The molecule has 1 amide bonds. The molecule has 1 heterocycles. The second-order valence-corrected chi connectivity index (χ2v) is 7.50. The number of amides is 1. The van der Waals surface area contributed by atoms with Crippen LogP contribution in [0.5, 0.6) is 0 Å². The van der Waals surface area contributed by atoms with Crippen molar-refractivity contribution in [3.05, 3.63) is 50.6 Å². The van der Waals surface area contributed by atoms with E-state index in [0.717, 1.165) is 28.1 Å². The number of nitrogens with one attached hydrogen (secondary N) is 2. The minimum atomic E-state index is -0.0104. The predicted molar refractivity (Wildman–Crippen MR) is 99.7 cm³/mol. The highest BCUT2D eigenvalue weighted by Crippen LogP contribution is 2.20. The highest BCUT2D eigenvalue weighted by Gasteiger charge is 2.07. The Morgan fingerprint density at radius 2 is 1.95 bits per heavy atom. The van der Waals surface area contributed by atoms with Crippen molar-refractivity contribution >= 4 is 51.3 Å². The molecule has 1 aromatic heterocycles. The molecule has 2 rings (SSSR count). The van der Waals surface area contributed by atoms with E-state index in [-0.39, 0.29) is 24.2 Å². The van der Waals surface area contributed by atoms with E-state index < -0.39 is 0 Å². The van der Waals surface area contributed by atoms with E-state index in [4.69, 9.17) is 0 Å². The van der Waals surface area contributed by atoms with Gasteiger partial charge in [-0.1, -0.05) is 26.0 Å². The van der Waals surface area contributed by atoms with Gasteiger partial charge in [0.25, 0.3) is 0 Å². The predicted octanol–water partition coefficient (Wildman–Crippen LogP) is 4.82. The van der Waals surface area contributed by atoms with E-state index in [9.17, 15) is 4.79 Å². The number of benzene rings is 1. The Bertz CT molecular complexity index is 616. The van der Waals surface area contributed by atoms with Gasteiger partial charge >= 0.3 is 0 Å². The molecule has 0 spiro atoms. The fraction of sp³-hybridized carbons (Fsp3) is 0.312. The molecule has 0 aliphatic carbocycles. The molecule has 22 heavy (non-hydrogen) atoms. The monoisotopic (exact) mass is 402 g/mol. The first-order valence-electron chi connectivity index (χ1n) is 6.88. The number of hydrogen-bond acceptors (Lipinski definition) is 3. The molecule has 6 heteroatoms. The Morgan fingerprint density at radius 1 is 1.23 bits per heavy atom. The first-order valence-corrected chi connectivity index (χ1v) is 8.55. The smallest absolute Gasteiger partial charge is 0.226 e. The Hall–Kier alpha value is -0.880. The van der Waals surface area contributed by atoms with Crippen LogP contribution in [0.2, 0.25) is 0 Å². The molecule has 2 N–H and O–H groups in total. The van der Waals surface area contributed by atoms with E-state index in [1.165, 1.54) is 5.56 Å². The average Bonchev–Trinajstić information content (AvgIpc) is 2.85. The van der Waals surface area contributed by atoms with Gasteiger partial charge in [-0.25, -0.2) is 0 Å². The van der Waals surface area contributed by atoms with Crippen molar-refractivity contribution in [3.8, 4) is 0 Å². The number of halogens is 2. The molecule has 0 radical (unpaired) electrons. The van der Waals surface area contributed by atoms with Crippen molar-refractivity contribution in [1.29, 1.82) is 0 Å². The molecule has 0 atom stereocenters. The van der Waals surface area contributed by atoms with Crippen molar-refractivity contribution in [2.45, 2.75) is 26.9 Å². The molecule has 0 saturated carbocycles. The summed E-state index contributed by atoms with van der Waals surface area (Å²) in [5, 5.41) is 8.46. The maximum absolute atomic E-state index is 11.7. The Kier molecular flexibility index (Phi) is 8.10. The van der Waals surface area contributed by atoms with Gasteiger partial charge in [0.1, 0.15) is 0 Å². The lowest BCUT2D eigenvalue weighted by atomic mass is 10.1. The summed E-state index contributed by atoms with van der Waals surface area (Å²) < 4.78 is 1.15. The fourth-order valence-electron chi connectivity index (χ4n) is 1.84. The molecule has 0 bridgehead atoms. The van der Waals surface area contributed by atoms with Crippen LogP contribution in [0.4, 0.5) is 5.69 Å². The van der Waals surface area contributed by atoms with Crippen LogP contribution >= 0.6 is 39.7 Å². The summed E-state index contributed by atoms with van der Waals surface area (Å²) in [4.78, 5) is 11.7. The quantitative estimate of drug-likeness (QED) is 0.726. The highest BCUT2D eigenvalue weighted by molar-refractivity contribution is 9.11. The SMILES string of the molecule is CC(C)C(=O)Nc1cccc(CNCc2csc(Br)c2)c1.Cl. The highest BCUT2D eigenvalue weighted by atomic mass is 79.9. The van der Waals surface area contributed by atoms with Crippen molar-refractivity contribution in [2.24, 2.45) is 5.92 Å². The summed E-state index contributed by atoms with van der Waals surface area (Å²) in [5.74, 6) is 0.0343. The minimum absolute atomic E-state index is 0. The number of carbonyl (C=O) groups is 1. The van der Waals surface area contributed by atoms with Crippen molar-refractivity contribution in [2.75, 3.05) is 5.32 Å². The minimum Gasteiger partial charge on any atom is -0.326 e. The lowest BCUT2D eigenvalue weighted by molar-refractivity contribution is -0.118. The second kappa shape index (κ2) is 9.30. The van der Waals surface area contributed by atoms with Crippen molar-refractivity contribution < 1.29 is 4.79 Å². The maximum atomic E-state index is 11.7. The first-order chi connectivity index (χ1) is 10.0. The number of rotatable bonds is 6. The molecule has 2 aromatic rings. The van der Waals surface area contributed by atoms with Gasteiger partial charge in [0, 0.05) is 24.7 Å². The van der Waals surface area contributed by atoms with E-state index in [1.807, 2.05) is 32.0 Å². The van der Waals surface area contributed by atoms with E-state index >= 15 is 0 Å². The Morgan fingerprint density at radius 3 is 2.59 bits per heavy atom. The zero-order valence-electron chi connectivity index (χ0n) is 12.6. The number of anilines is 1. The van der Waals surface area contributed by atoms with Gasteiger partial charge in [-0.15, -0.1) is 23.7 Å². The van der Waals surface area contributed by atoms with Gasteiger partial charge in [-0.2, -0.15) is 0 Å². The first kappa shape index (κ1) is 19.2. The number of thiophene rings is 1. The molecule has 1 aromatic carbocycles. The van der Waals surface area contributed by atoms with Gasteiger partial charge in [0.15, 0.2) is 0 Å². The lowest BCUT2D eigenvalue weighted by Crippen LogP contribution is -2.18. The van der Waals surface area contributed by atoms with Gasteiger partial charge in [0.2, 0.25) is 5.91 Å². The molecule has 120 valence electrons. The number of hydrogen-bond donors (Lipinski definition) is 2. The summed E-state index contributed by atoms with van der Waals surface area (Å²) in [7, 11) is 0. The van der Waals surface area contributed by atoms with Crippen LogP contribution in [0.15, 0.2) is 39.5 Å². The summed E-state index contributed by atoms with van der Waals surface area (Å²) >= 11 is 5.16. The molecule has 0 saturated heterocycles. The van der Waals surface area contributed by atoms with Gasteiger partial charge in [-0.05, 0) is 50.6 Å². The van der Waals surface area contributed by atoms with Crippen LogP contribution in [0.25, 0.3) is 0 Å². The zero-order chi connectivity index (χ0) is 15.2. The van der Waals surface area contributed by atoms with E-state index in [1.54, 1.807) is 11.3 Å². The van der Waals surface area contributed by atoms with Crippen LogP contribution in [-0.2, 0) is 17.9 Å². The second-order valence-electron chi connectivity index (χ2n) is 5.21. The molecular formula is C16H20BrClN2OS. The van der Waals surface area contributed by atoms with Crippen molar-refractivity contribution in [3.63, 3.8) is 0 Å². The van der Waals surface area contributed by atoms with Gasteiger partial charge in [-0.3, -0.25) is 4.79 Å². The maximum Gasteiger partial charge on any atom is 0.226 e. The Labute approximate surface area is 150 Å². The molecule has 3 nitrogen and oxygen atoms in total. The summed E-state index contributed by atoms with van der Waals surface area (Å²) in [6.07, 6.45) is 0. The van der Waals surface area contributed by atoms with Crippen LogP contribution < -0.4 is 10.6 Å². The third-order valence-corrected chi connectivity index (χ3v) is 4.55. The lowest BCUT2D eigenvalue weighted by Gasteiger charge is -2.10. The third kappa shape index (κ3) is 6.08.